The van der Waals surface area contributed by atoms with Crippen LogP contribution < -0.4 is 9.64 Å². The molecule has 1 aliphatic heterocycles. The number of hydrogen-bond donors (Lipinski definition) is 0. The molecule has 4 heterocycles. The molecule has 31 heavy (non-hydrogen) atoms. The molecule has 0 bridgehead atoms. The Hall–Kier alpha value is -3.12. The van der Waals surface area contributed by atoms with Crippen LogP contribution in [0.2, 0.25) is 0 Å². The molecule has 1 aliphatic carbocycles. The normalized spacial score (nSPS) is 18.0. The molecular weight excluding hydrogens is 412 g/mol. The van der Waals surface area contributed by atoms with E-state index in [1.54, 1.807) is 17.8 Å². The summed E-state index contributed by atoms with van der Waals surface area (Å²) in [6.07, 6.45) is 7.67. The molecule has 0 aromatic carbocycles. The van der Waals surface area contributed by atoms with Gasteiger partial charge in [-0.3, -0.25) is 0 Å². The summed E-state index contributed by atoms with van der Waals surface area (Å²) in [6.45, 7) is 2.06. The van der Waals surface area contributed by atoms with Gasteiger partial charge in [0.05, 0.1) is 30.1 Å². The maximum absolute atomic E-state index is 12.4. The summed E-state index contributed by atoms with van der Waals surface area (Å²) < 4.78 is 24.2. The van der Waals surface area contributed by atoms with Crippen molar-refractivity contribution < 1.29 is 8.95 Å². The van der Waals surface area contributed by atoms with E-state index in [9.17, 15) is 9.47 Å². The van der Waals surface area contributed by atoms with Crippen LogP contribution >= 0.6 is 0 Å². The van der Waals surface area contributed by atoms with Crippen LogP contribution in [0.4, 0.5) is 5.82 Å². The predicted octanol–water partition coefficient (Wildman–Crippen LogP) is 2.97. The lowest BCUT2D eigenvalue weighted by atomic mass is 10.1. The minimum absolute atomic E-state index is 0.516. The van der Waals surface area contributed by atoms with E-state index in [-0.39, 0.29) is 0 Å². The quantitative estimate of drug-likeness (QED) is 0.610. The number of ether oxygens (including phenoxy) is 1. The van der Waals surface area contributed by atoms with Crippen LogP contribution in [0.25, 0.3) is 16.6 Å². The van der Waals surface area contributed by atoms with Crippen molar-refractivity contribution in [3.05, 3.63) is 42.4 Å². The molecule has 2 aliphatic rings. The second-order valence-corrected chi connectivity index (χ2v) is 10.8. The monoisotopic (exact) mass is 436 g/mol. The number of hydrogen-bond acceptors (Lipinski definition) is 7. The fourth-order valence-corrected chi connectivity index (χ4v) is 5.42. The van der Waals surface area contributed by atoms with E-state index in [0.717, 1.165) is 28.2 Å². The Bertz CT molecular complexity index is 1270. The van der Waals surface area contributed by atoms with E-state index in [0.29, 0.717) is 42.7 Å². The lowest BCUT2D eigenvalue weighted by Crippen LogP contribution is -2.40. The molecule has 2 fully saturated rings. The van der Waals surface area contributed by atoms with Gasteiger partial charge >= 0.3 is 0 Å². The lowest BCUT2D eigenvalue weighted by Gasteiger charge is -2.29. The summed E-state index contributed by atoms with van der Waals surface area (Å²) in [5.74, 6) is 3.37. The van der Waals surface area contributed by atoms with Gasteiger partial charge < -0.3 is 9.64 Å². The number of nitriles is 1. The molecule has 5 rings (SSSR count). The van der Waals surface area contributed by atoms with Crippen LogP contribution in [0, 0.1) is 17.2 Å². The molecule has 160 valence electrons. The van der Waals surface area contributed by atoms with Crippen LogP contribution in [-0.4, -0.2) is 57.1 Å². The fraction of sp³-hybridized carbons (Fsp3) is 0.409. The van der Waals surface area contributed by atoms with Gasteiger partial charge in [-0.25, -0.2) is 18.1 Å². The third-order valence-electron chi connectivity index (χ3n) is 5.97. The molecule has 0 amide bonds. The van der Waals surface area contributed by atoms with Crippen LogP contribution in [0.5, 0.6) is 5.75 Å². The Morgan fingerprint density at radius 2 is 2.10 bits per heavy atom. The second kappa shape index (κ2) is 7.85. The van der Waals surface area contributed by atoms with E-state index < -0.39 is 9.73 Å². The SMILES string of the molecule is CN=S1(=O)CCN(c2ccc(-c3cc(OCC4CC4)cn4ncc(C#N)c34)cn2)CC1. The standard InChI is InChI=1S/C22H24N6O2S/c1-24-31(29)8-6-27(7-9-31)21-5-4-17(12-25-21)20-10-19(30-15-16-2-3-16)14-28-22(20)18(11-23)13-26-28/h4-5,10,12-14,16H,2-3,6-9,15H2,1H3. The highest BCUT2D eigenvalue weighted by molar-refractivity contribution is 7.93. The highest BCUT2D eigenvalue weighted by Gasteiger charge is 2.23. The summed E-state index contributed by atoms with van der Waals surface area (Å²) >= 11 is 0. The summed E-state index contributed by atoms with van der Waals surface area (Å²) in [5.41, 5.74) is 3.03. The van der Waals surface area contributed by atoms with Crippen molar-refractivity contribution in [1.82, 2.24) is 14.6 Å². The molecule has 0 unspecified atom stereocenters. The summed E-state index contributed by atoms with van der Waals surface area (Å²) in [5, 5.41) is 13.9. The van der Waals surface area contributed by atoms with E-state index >= 15 is 0 Å². The van der Waals surface area contributed by atoms with Crippen molar-refractivity contribution in [1.29, 1.82) is 5.26 Å². The van der Waals surface area contributed by atoms with Crippen LogP contribution in [-0.2, 0) is 9.73 Å². The van der Waals surface area contributed by atoms with Crippen molar-refractivity contribution in [2.24, 2.45) is 10.3 Å². The van der Waals surface area contributed by atoms with Crippen LogP contribution in [0.3, 0.4) is 0 Å². The van der Waals surface area contributed by atoms with Gasteiger partial charge in [-0.2, -0.15) is 10.4 Å². The summed E-state index contributed by atoms with van der Waals surface area (Å²) in [6, 6.07) is 8.18. The van der Waals surface area contributed by atoms with E-state index in [2.05, 4.69) is 25.4 Å². The van der Waals surface area contributed by atoms with Crippen molar-refractivity contribution in [3.8, 4) is 22.9 Å². The Morgan fingerprint density at radius 1 is 1.29 bits per heavy atom. The first-order chi connectivity index (χ1) is 15.1. The first-order valence-electron chi connectivity index (χ1n) is 10.4. The molecule has 1 saturated carbocycles. The molecule has 0 radical (unpaired) electrons. The third kappa shape index (κ3) is 3.95. The van der Waals surface area contributed by atoms with Crippen LogP contribution in [0.15, 0.2) is 41.2 Å². The minimum atomic E-state index is -2.06. The smallest absolute Gasteiger partial charge is 0.138 e. The largest absolute Gasteiger partial charge is 0.492 e. The van der Waals surface area contributed by atoms with Crippen molar-refractivity contribution >= 4 is 21.1 Å². The zero-order valence-corrected chi connectivity index (χ0v) is 18.2. The Labute approximate surface area is 181 Å². The average molecular weight is 437 g/mol. The summed E-state index contributed by atoms with van der Waals surface area (Å²) in [4.78, 5) is 6.80. The first-order valence-corrected chi connectivity index (χ1v) is 12.3. The van der Waals surface area contributed by atoms with Gasteiger partial charge in [0.1, 0.15) is 17.6 Å². The number of anilines is 1. The topological polar surface area (TPSA) is 95.9 Å². The highest BCUT2D eigenvalue weighted by atomic mass is 32.2. The van der Waals surface area contributed by atoms with Gasteiger partial charge in [0.15, 0.2) is 0 Å². The Morgan fingerprint density at radius 3 is 2.74 bits per heavy atom. The first kappa shape index (κ1) is 19.8. The summed E-state index contributed by atoms with van der Waals surface area (Å²) in [7, 11) is -0.417. The number of fused-ring (bicyclic) bond motifs is 1. The molecule has 8 nitrogen and oxygen atoms in total. The molecule has 3 aromatic heterocycles. The number of aromatic nitrogens is 3. The maximum atomic E-state index is 12.4. The number of pyridine rings is 2. The van der Waals surface area contributed by atoms with Gasteiger partial charge in [0.25, 0.3) is 0 Å². The molecule has 0 atom stereocenters. The minimum Gasteiger partial charge on any atom is -0.492 e. The van der Waals surface area contributed by atoms with Gasteiger partial charge in [-0.1, -0.05) is 0 Å². The number of rotatable bonds is 5. The molecular formula is C22H24N6O2S. The van der Waals surface area contributed by atoms with E-state index in [4.69, 9.17) is 4.74 Å². The van der Waals surface area contributed by atoms with E-state index in [1.165, 1.54) is 12.8 Å². The van der Waals surface area contributed by atoms with Crippen molar-refractivity contribution in [3.63, 3.8) is 0 Å². The lowest BCUT2D eigenvalue weighted by molar-refractivity contribution is 0.298. The van der Waals surface area contributed by atoms with Crippen molar-refractivity contribution in [2.75, 3.05) is 43.1 Å². The zero-order chi connectivity index (χ0) is 21.4. The zero-order valence-electron chi connectivity index (χ0n) is 17.4. The molecule has 0 N–H and O–H groups in total. The second-order valence-electron chi connectivity index (χ2n) is 8.06. The van der Waals surface area contributed by atoms with Gasteiger partial charge in [0.2, 0.25) is 0 Å². The Kier molecular flexibility index (Phi) is 5.02. The van der Waals surface area contributed by atoms with Gasteiger partial charge in [0, 0.05) is 58.7 Å². The predicted molar refractivity (Wildman–Crippen MR) is 120 cm³/mol. The van der Waals surface area contributed by atoms with Crippen molar-refractivity contribution in [2.45, 2.75) is 12.8 Å². The fourth-order valence-electron chi connectivity index (χ4n) is 3.84. The average Bonchev–Trinajstić information content (AvgIpc) is 3.55. The Balaban J connectivity index is 1.46. The molecule has 1 saturated heterocycles. The third-order valence-corrected chi connectivity index (χ3v) is 8.27. The molecule has 9 heteroatoms. The number of nitrogens with zero attached hydrogens (tertiary/aromatic N) is 6. The van der Waals surface area contributed by atoms with Gasteiger partial charge in [-0.05, 0) is 37.0 Å². The van der Waals surface area contributed by atoms with E-state index in [1.807, 2.05) is 30.6 Å². The highest BCUT2D eigenvalue weighted by Crippen LogP contribution is 2.33. The molecule has 0 spiro atoms. The molecule has 3 aromatic rings. The van der Waals surface area contributed by atoms with Gasteiger partial charge in [-0.15, -0.1) is 0 Å². The van der Waals surface area contributed by atoms with Crippen LogP contribution in [0.1, 0.15) is 18.4 Å². The maximum Gasteiger partial charge on any atom is 0.138 e.